The summed E-state index contributed by atoms with van der Waals surface area (Å²) in [7, 11) is 0. The number of hydrogen-bond acceptors (Lipinski definition) is 3. The SMILES string of the molecule is C=CCCC(NCc1scnc1C)C1CC1. The van der Waals surface area contributed by atoms with Crippen LogP contribution in [0.1, 0.15) is 36.3 Å². The zero-order chi connectivity index (χ0) is 11.4. The van der Waals surface area contributed by atoms with E-state index in [1.54, 1.807) is 11.3 Å². The summed E-state index contributed by atoms with van der Waals surface area (Å²) in [6.45, 7) is 6.87. The number of aromatic nitrogens is 1. The van der Waals surface area contributed by atoms with Gasteiger partial charge in [0.05, 0.1) is 11.2 Å². The molecule has 0 aliphatic heterocycles. The van der Waals surface area contributed by atoms with Gasteiger partial charge in [0.2, 0.25) is 0 Å². The zero-order valence-electron chi connectivity index (χ0n) is 9.91. The van der Waals surface area contributed by atoms with E-state index in [0.29, 0.717) is 6.04 Å². The van der Waals surface area contributed by atoms with E-state index in [9.17, 15) is 0 Å². The normalized spacial score (nSPS) is 17.3. The van der Waals surface area contributed by atoms with E-state index in [0.717, 1.165) is 18.9 Å². The highest BCUT2D eigenvalue weighted by Gasteiger charge is 2.30. The van der Waals surface area contributed by atoms with Crippen LogP contribution in [0.4, 0.5) is 0 Å². The molecule has 0 bridgehead atoms. The molecule has 1 unspecified atom stereocenters. The van der Waals surface area contributed by atoms with Crippen molar-refractivity contribution in [2.45, 2.75) is 45.2 Å². The van der Waals surface area contributed by atoms with Gasteiger partial charge in [0, 0.05) is 17.5 Å². The van der Waals surface area contributed by atoms with Gasteiger partial charge < -0.3 is 5.32 Å². The van der Waals surface area contributed by atoms with Crippen LogP contribution < -0.4 is 5.32 Å². The van der Waals surface area contributed by atoms with Crippen LogP contribution in [0.5, 0.6) is 0 Å². The number of nitrogens with one attached hydrogen (secondary N) is 1. The molecule has 1 aliphatic carbocycles. The molecule has 0 amide bonds. The summed E-state index contributed by atoms with van der Waals surface area (Å²) in [5.74, 6) is 0.910. The first-order chi connectivity index (χ1) is 7.81. The molecule has 1 aromatic heterocycles. The Morgan fingerprint density at radius 2 is 2.50 bits per heavy atom. The topological polar surface area (TPSA) is 24.9 Å². The number of allylic oxidation sites excluding steroid dienone is 1. The van der Waals surface area contributed by atoms with E-state index in [1.165, 1.54) is 29.8 Å². The first-order valence-electron chi connectivity index (χ1n) is 6.04. The van der Waals surface area contributed by atoms with Gasteiger partial charge in [0.1, 0.15) is 0 Å². The molecule has 2 rings (SSSR count). The Labute approximate surface area is 102 Å². The standard InChI is InChI=1S/C13H20N2S/c1-3-4-5-12(11-6-7-11)14-8-13-10(2)15-9-16-13/h3,9,11-12,14H,1,4-8H2,2H3. The largest absolute Gasteiger partial charge is 0.309 e. The molecule has 3 heteroatoms. The number of aryl methyl sites for hydroxylation is 1. The van der Waals surface area contributed by atoms with Gasteiger partial charge in [0.25, 0.3) is 0 Å². The maximum atomic E-state index is 4.28. The molecule has 16 heavy (non-hydrogen) atoms. The number of rotatable bonds is 7. The van der Waals surface area contributed by atoms with Crippen LogP contribution in [0, 0.1) is 12.8 Å². The third kappa shape index (κ3) is 3.16. The molecule has 88 valence electrons. The molecule has 1 aromatic rings. The van der Waals surface area contributed by atoms with Crippen molar-refractivity contribution in [2.75, 3.05) is 0 Å². The van der Waals surface area contributed by atoms with Crippen LogP contribution >= 0.6 is 11.3 Å². The first kappa shape index (κ1) is 11.8. The van der Waals surface area contributed by atoms with Crippen molar-refractivity contribution >= 4 is 11.3 Å². The molecule has 1 aliphatic rings. The van der Waals surface area contributed by atoms with Gasteiger partial charge in [0.15, 0.2) is 0 Å². The Balaban J connectivity index is 1.81. The lowest BCUT2D eigenvalue weighted by atomic mass is 10.1. The highest BCUT2D eigenvalue weighted by Crippen LogP contribution is 2.34. The molecule has 2 nitrogen and oxygen atoms in total. The maximum absolute atomic E-state index is 4.28. The minimum atomic E-state index is 0.680. The lowest BCUT2D eigenvalue weighted by molar-refractivity contribution is 0.438. The fourth-order valence-corrected chi connectivity index (χ4v) is 2.75. The predicted molar refractivity (Wildman–Crippen MR) is 69.6 cm³/mol. The lowest BCUT2D eigenvalue weighted by Gasteiger charge is -2.17. The van der Waals surface area contributed by atoms with Gasteiger partial charge in [-0.15, -0.1) is 17.9 Å². The summed E-state index contributed by atoms with van der Waals surface area (Å²) >= 11 is 1.75. The first-order valence-corrected chi connectivity index (χ1v) is 6.92. The van der Waals surface area contributed by atoms with Gasteiger partial charge in [-0.25, -0.2) is 4.98 Å². The molecule has 0 aromatic carbocycles. The molecule has 1 fully saturated rings. The van der Waals surface area contributed by atoms with Gasteiger partial charge in [-0.3, -0.25) is 0 Å². The second-order valence-corrected chi connectivity index (χ2v) is 5.49. The Hall–Kier alpha value is -0.670. The second kappa shape index (κ2) is 5.60. The number of thiazole rings is 1. The molecular weight excluding hydrogens is 216 g/mol. The van der Waals surface area contributed by atoms with Crippen molar-refractivity contribution in [3.05, 3.63) is 28.7 Å². The molecule has 1 atom stereocenters. The second-order valence-electron chi connectivity index (χ2n) is 4.55. The molecule has 0 spiro atoms. The fourth-order valence-electron chi connectivity index (χ4n) is 2.02. The van der Waals surface area contributed by atoms with Crippen LogP contribution in [0.3, 0.4) is 0 Å². The van der Waals surface area contributed by atoms with E-state index in [4.69, 9.17) is 0 Å². The highest BCUT2D eigenvalue weighted by molar-refractivity contribution is 7.09. The van der Waals surface area contributed by atoms with Crippen molar-refractivity contribution in [2.24, 2.45) is 5.92 Å². The summed E-state index contributed by atoms with van der Waals surface area (Å²) in [6, 6.07) is 0.680. The van der Waals surface area contributed by atoms with Gasteiger partial charge in [-0.05, 0) is 38.5 Å². The van der Waals surface area contributed by atoms with E-state index in [-0.39, 0.29) is 0 Å². The van der Waals surface area contributed by atoms with Crippen molar-refractivity contribution in [3.8, 4) is 0 Å². The Kier molecular flexibility index (Phi) is 4.13. The third-order valence-electron chi connectivity index (χ3n) is 3.24. The van der Waals surface area contributed by atoms with E-state index in [2.05, 4.69) is 23.8 Å². The van der Waals surface area contributed by atoms with Crippen molar-refractivity contribution in [3.63, 3.8) is 0 Å². The highest BCUT2D eigenvalue weighted by atomic mass is 32.1. The van der Waals surface area contributed by atoms with E-state index >= 15 is 0 Å². The van der Waals surface area contributed by atoms with Crippen LogP contribution in [0.15, 0.2) is 18.2 Å². The summed E-state index contributed by atoms with van der Waals surface area (Å²) in [4.78, 5) is 5.66. The minimum Gasteiger partial charge on any atom is -0.309 e. The molecule has 1 saturated carbocycles. The molecule has 0 saturated heterocycles. The van der Waals surface area contributed by atoms with Gasteiger partial charge >= 0.3 is 0 Å². The maximum Gasteiger partial charge on any atom is 0.0798 e. The minimum absolute atomic E-state index is 0.680. The van der Waals surface area contributed by atoms with Crippen molar-refractivity contribution in [1.82, 2.24) is 10.3 Å². The van der Waals surface area contributed by atoms with Gasteiger partial charge in [-0.1, -0.05) is 6.08 Å². The quantitative estimate of drug-likeness (QED) is 0.735. The zero-order valence-corrected chi connectivity index (χ0v) is 10.7. The third-order valence-corrected chi connectivity index (χ3v) is 4.18. The Bertz CT molecular complexity index is 341. The Morgan fingerprint density at radius 1 is 1.69 bits per heavy atom. The average Bonchev–Trinajstić information content (AvgIpc) is 3.04. The van der Waals surface area contributed by atoms with Crippen LogP contribution in [0.2, 0.25) is 0 Å². The molecule has 0 radical (unpaired) electrons. The fraction of sp³-hybridized carbons (Fsp3) is 0.615. The van der Waals surface area contributed by atoms with Crippen LogP contribution in [0.25, 0.3) is 0 Å². The molecule has 1 N–H and O–H groups in total. The molecular formula is C13H20N2S. The summed E-state index contributed by atoms with van der Waals surface area (Å²) < 4.78 is 0. The molecule has 1 heterocycles. The summed E-state index contributed by atoms with van der Waals surface area (Å²) in [5.41, 5.74) is 3.11. The van der Waals surface area contributed by atoms with Crippen LogP contribution in [-0.2, 0) is 6.54 Å². The average molecular weight is 236 g/mol. The summed E-state index contributed by atoms with van der Waals surface area (Å²) in [5, 5.41) is 3.68. The van der Waals surface area contributed by atoms with Crippen molar-refractivity contribution in [1.29, 1.82) is 0 Å². The smallest absolute Gasteiger partial charge is 0.0798 e. The van der Waals surface area contributed by atoms with Crippen LogP contribution in [-0.4, -0.2) is 11.0 Å². The number of hydrogen-bond donors (Lipinski definition) is 1. The Morgan fingerprint density at radius 3 is 3.06 bits per heavy atom. The number of nitrogens with zero attached hydrogens (tertiary/aromatic N) is 1. The monoisotopic (exact) mass is 236 g/mol. The van der Waals surface area contributed by atoms with Gasteiger partial charge in [-0.2, -0.15) is 0 Å². The lowest BCUT2D eigenvalue weighted by Crippen LogP contribution is -2.30. The predicted octanol–water partition coefficient (Wildman–Crippen LogP) is 3.29. The van der Waals surface area contributed by atoms with Crippen molar-refractivity contribution < 1.29 is 0 Å². The summed E-state index contributed by atoms with van der Waals surface area (Å²) in [6.07, 6.45) is 7.17. The van der Waals surface area contributed by atoms with E-state index < -0.39 is 0 Å². The van der Waals surface area contributed by atoms with E-state index in [1.807, 2.05) is 11.6 Å².